The number of ketones is 1. The van der Waals surface area contributed by atoms with Gasteiger partial charge in [-0.15, -0.1) is 0 Å². The molecule has 0 radical (unpaired) electrons. The van der Waals surface area contributed by atoms with E-state index in [0.717, 1.165) is 38.2 Å². The minimum Gasteiger partial charge on any atom is -0.378 e. The molecule has 94 valence electrons. The van der Waals surface area contributed by atoms with E-state index < -0.39 is 0 Å². The molecule has 1 aliphatic heterocycles. The van der Waals surface area contributed by atoms with E-state index in [9.17, 15) is 4.79 Å². The summed E-state index contributed by atoms with van der Waals surface area (Å²) in [5.41, 5.74) is 0. The van der Waals surface area contributed by atoms with Crippen LogP contribution < -0.4 is 0 Å². The summed E-state index contributed by atoms with van der Waals surface area (Å²) in [6, 6.07) is 0. The number of imidazole rings is 1. The molecule has 17 heavy (non-hydrogen) atoms. The Hall–Kier alpha value is -1.16. The molecule has 1 atom stereocenters. The number of hydrogen-bond acceptors (Lipinski definition) is 3. The van der Waals surface area contributed by atoms with Gasteiger partial charge in [0.2, 0.25) is 0 Å². The molecule has 0 saturated carbocycles. The predicted molar refractivity (Wildman–Crippen MR) is 64.8 cm³/mol. The molecule has 0 aliphatic carbocycles. The number of ether oxygens (including phenoxy) is 1. The molecule has 1 aromatic heterocycles. The van der Waals surface area contributed by atoms with E-state index in [0.29, 0.717) is 12.8 Å². The average Bonchev–Trinajstić information content (AvgIpc) is 2.92. The summed E-state index contributed by atoms with van der Waals surface area (Å²) < 4.78 is 7.54. The number of hydrogen-bond donors (Lipinski definition) is 0. The maximum Gasteiger partial charge on any atom is 0.142 e. The summed E-state index contributed by atoms with van der Waals surface area (Å²) >= 11 is 0. The van der Waals surface area contributed by atoms with Gasteiger partial charge in [0.05, 0.1) is 12.5 Å². The van der Waals surface area contributed by atoms with E-state index in [-0.39, 0.29) is 11.9 Å². The lowest BCUT2D eigenvalue weighted by molar-refractivity contribution is -0.120. The number of carbonyl (C=O) groups is 1. The molecule has 0 amide bonds. The monoisotopic (exact) mass is 236 g/mol. The lowest BCUT2D eigenvalue weighted by atomic mass is 10.1. The molecule has 4 heteroatoms. The van der Waals surface area contributed by atoms with Crippen molar-refractivity contribution in [2.45, 2.75) is 51.7 Å². The zero-order valence-corrected chi connectivity index (χ0v) is 10.4. The molecule has 2 rings (SSSR count). The molecular formula is C13H20N2O2. The van der Waals surface area contributed by atoms with Crippen molar-refractivity contribution in [2.24, 2.45) is 0 Å². The van der Waals surface area contributed by atoms with Crippen LogP contribution in [-0.2, 0) is 22.5 Å². The molecule has 1 aliphatic rings. The third kappa shape index (κ3) is 3.40. The summed E-state index contributed by atoms with van der Waals surface area (Å²) in [7, 11) is 0. The second-order valence-electron chi connectivity index (χ2n) is 4.59. The number of Topliss-reactive ketones (excluding diaryl/α,β-unsaturated/α-hetero) is 1. The van der Waals surface area contributed by atoms with E-state index in [1.54, 1.807) is 6.20 Å². The van der Waals surface area contributed by atoms with Crippen molar-refractivity contribution in [3.8, 4) is 0 Å². The van der Waals surface area contributed by atoms with Crippen molar-refractivity contribution >= 4 is 5.78 Å². The minimum atomic E-state index is 0.150. The molecule has 0 aromatic carbocycles. The molecule has 1 saturated heterocycles. The summed E-state index contributed by atoms with van der Waals surface area (Å²) in [5, 5.41) is 0. The smallest absolute Gasteiger partial charge is 0.142 e. The predicted octanol–water partition coefficient (Wildman–Crippen LogP) is 1.97. The van der Waals surface area contributed by atoms with Crippen molar-refractivity contribution in [3.05, 3.63) is 18.2 Å². The van der Waals surface area contributed by atoms with Crippen molar-refractivity contribution in [2.75, 3.05) is 6.61 Å². The molecule has 1 aromatic rings. The van der Waals surface area contributed by atoms with Gasteiger partial charge in [-0.05, 0) is 19.3 Å². The normalized spacial score (nSPS) is 19.7. The fraction of sp³-hybridized carbons (Fsp3) is 0.692. The minimum absolute atomic E-state index is 0.150. The third-order valence-corrected chi connectivity index (χ3v) is 3.10. The Morgan fingerprint density at radius 1 is 1.65 bits per heavy atom. The van der Waals surface area contributed by atoms with Crippen LogP contribution in [0.25, 0.3) is 0 Å². The number of aromatic nitrogens is 2. The molecule has 4 nitrogen and oxygen atoms in total. The first-order valence-electron chi connectivity index (χ1n) is 6.43. The molecule has 1 fully saturated rings. The largest absolute Gasteiger partial charge is 0.378 e. The average molecular weight is 236 g/mol. The second-order valence-corrected chi connectivity index (χ2v) is 4.59. The zero-order valence-electron chi connectivity index (χ0n) is 10.4. The first-order chi connectivity index (χ1) is 8.29. The standard InChI is InChI=1S/C13H20N2O2/c1-2-6-15-7-5-14-13(15)10-11(16)9-12-4-3-8-17-12/h5,7,12H,2-4,6,8-10H2,1H3. The maximum atomic E-state index is 11.9. The Kier molecular flexibility index (Phi) is 4.31. The van der Waals surface area contributed by atoms with Gasteiger partial charge in [-0.1, -0.05) is 6.92 Å². The van der Waals surface area contributed by atoms with Crippen molar-refractivity contribution in [3.63, 3.8) is 0 Å². The highest BCUT2D eigenvalue weighted by Crippen LogP contribution is 2.16. The molecule has 0 N–H and O–H groups in total. The van der Waals surface area contributed by atoms with Crippen molar-refractivity contribution in [1.29, 1.82) is 0 Å². The fourth-order valence-corrected chi connectivity index (χ4v) is 2.26. The van der Waals surface area contributed by atoms with Crippen molar-refractivity contribution in [1.82, 2.24) is 9.55 Å². The van der Waals surface area contributed by atoms with Crippen molar-refractivity contribution < 1.29 is 9.53 Å². The molecule has 0 spiro atoms. The van der Waals surface area contributed by atoms with Crippen LogP contribution in [0.15, 0.2) is 12.4 Å². The van der Waals surface area contributed by atoms with Crippen LogP contribution in [0.4, 0.5) is 0 Å². The Bertz CT molecular complexity index is 367. The quantitative estimate of drug-likeness (QED) is 0.758. The first-order valence-corrected chi connectivity index (χ1v) is 6.43. The second kappa shape index (κ2) is 5.96. The van der Waals surface area contributed by atoms with Gasteiger partial charge in [0, 0.05) is 32.0 Å². The van der Waals surface area contributed by atoms with Crippen LogP contribution in [0.3, 0.4) is 0 Å². The van der Waals surface area contributed by atoms with Crippen LogP contribution in [0, 0.1) is 0 Å². The van der Waals surface area contributed by atoms with E-state index in [1.165, 1.54) is 0 Å². The Labute approximate surface area is 102 Å². The Morgan fingerprint density at radius 2 is 2.53 bits per heavy atom. The first kappa shape index (κ1) is 12.3. The van der Waals surface area contributed by atoms with E-state index in [1.807, 2.05) is 6.20 Å². The number of aryl methyl sites for hydroxylation is 1. The highest BCUT2D eigenvalue weighted by Gasteiger charge is 2.20. The SMILES string of the molecule is CCCn1ccnc1CC(=O)CC1CCCO1. The van der Waals surface area contributed by atoms with Crippen LogP contribution in [0.1, 0.15) is 38.4 Å². The van der Waals surface area contributed by atoms with Crippen LogP contribution >= 0.6 is 0 Å². The van der Waals surface area contributed by atoms with Gasteiger partial charge in [0.1, 0.15) is 11.6 Å². The maximum absolute atomic E-state index is 11.9. The van der Waals surface area contributed by atoms with Gasteiger partial charge in [0.15, 0.2) is 0 Å². The van der Waals surface area contributed by atoms with Crippen LogP contribution in [0.5, 0.6) is 0 Å². The summed E-state index contributed by atoms with van der Waals surface area (Å²) in [4.78, 5) is 16.1. The molecule has 0 bridgehead atoms. The summed E-state index contributed by atoms with van der Waals surface area (Å²) in [6.45, 7) is 3.86. The summed E-state index contributed by atoms with van der Waals surface area (Å²) in [5.74, 6) is 1.12. The molecule has 2 heterocycles. The fourth-order valence-electron chi connectivity index (χ4n) is 2.26. The van der Waals surface area contributed by atoms with E-state index in [4.69, 9.17) is 4.74 Å². The summed E-state index contributed by atoms with van der Waals surface area (Å²) in [6.07, 6.45) is 8.01. The lowest BCUT2D eigenvalue weighted by Gasteiger charge is -2.09. The third-order valence-electron chi connectivity index (χ3n) is 3.10. The lowest BCUT2D eigenvalue weighted by Crippen LogP contribution is -2.16. The van der Waals surface area contributed by atoms with Crippen LogP contribution in [0.2, 0.25) is 0 Å². The number of nitrogens with zero attached hydrogens (tertiary/aromatic N) is 2. The van der Waals surface area contributed by atoms with Gasteiger partial charge in [-0.3, -0.25) is 4.79 Å². The Balaban J connectivity index is 1.86. The molecular weight excluding hydrogens is 216 g/mol. The Morgan fingerprint density at radius 3 is 3.24 bits per heavy atom. The highest BCUT2D eigenvalue weighted by molar-refractivity contribution is 5.80. The van der Waals surface area contributed by atoms with Crippen LogP contribution in [-0.4, -0.2) is 28.0 Å². The van der Waals surface area contributed by atoms with E-state index in [2.05, 4.69) is 16.5 Å². The van der Waals surface area contributed by atoms with Gasteiger partial charge >= 0.3 is 0 Å². The van der Waals surface area contributed by atoms with E-state index >= 15 is 0 Å². The molecule has 1 unspecified atom stereocenters. The van der Waals surface area contributed by atoms with Gasteiger partial charge in [-0.2, -0.15) is 0 Å². The number of rotatable bonds is 6. The van der Waals surface area contributed by atoms with Gasteiger partial charge in [0.25, 0.3) is 0 Å². The number of carbonyl (C=O) groups excluding carboxylic acids is 1. The zero-order chi connectivity index (χ0) is 12.1. The van der Waals surface area contributed by atoms with Gasteiger partial charge < -0.3 is 9.30 Å². The highest BCUT2D eigenvalue weighted by atomic mass is 16.5. The topological polar surface area (TPSA) is 44.1 Å². The van der Waals surface area contributed by atoms with Gasteiger partial charge in [-0.25, -0.2) is 4.98 Å².